The molecule has 0 heterocycles. The predicted molar refractivity (Wildman–Crippen MR) is 99.8 cm³/mol. The maximum absolute atomic E-state index is 12.0. The van der Waals surface area contributed by atoms with Crippen molar-refractivity contribution in [1.29, 1.82) is 0 Å². The molecule has 1 rings (SSSR count). The number of carbonyl (C=O) groups excluding carboxylic acids is 1. The highest BCUT2D eigenvalue weighted by Gasteiger charge is 2.22. The van der Waals surface area contributed by atoms with Gasteiger partial charge in [-0.2, -0.15) is 11.8 Å². The van der Waals surface area contributed by atoms with E-state index < -0.39 is 17.9 Å². The van der Waals surface area contributed by atoms with Crippen LogP contribution in [0.2, 0.25) is 0 Å². The van der Waals surface area contributed by atoms with Crippen LogP contribution in [0.3, 0.4) is 0 Å². The molecule has 140 valence electrons. The van der Waals surface area contributed by atoms with Crippen molar-refractivity contribution in [2.75, 3.05) is 25.7 Å². The van der Waals surface area contributed by atoms with E-state index in [0.29, 0.717) is 23.7 Å². The second-order valence-corrected chi connectivity index (χ2v) is 7.63. The number of thioether (sulfide) groups is 1. The topological polar surface area (TPSA) is 84.9 Å². The molecule has 1 aromatic carbocycles. The van der Waals surface area contributed by atoms with E-state index in [2.05, 4.69) is 5.32 Å². The molecule has 0 fully saturated rings. The Balaban J connectivity index is 2.76. The van der Waals surface area contributed by atoms with Crippen LogP contribution in [0.1, 0.15) is 32.8 Å². The Labute approximate surface area is 153 Å². The molecule has 0 bridgehead atoms. The smallest absolute Gasteiger partial charge is 0.326 e. The van der Waals surface area contributed by atoms with Crippen molar-refractivity contribution in [2.24, 2.45) is 0 Å². The zero-order chi connectivity index (χ0) is 19.0. The number of nitrogens with one attached hydrogen (secondary N) is 1. The number of rotatable bonds is 9. The van der Waals surface area contributed by atoms with Gasteiger partial charge >= 0.3 is 5.97 Å². The summed E-state index contributed by atoms with van der Waals surface area (Å²) in [5.74, 6) is 0.459. The van der Waals surface area contributed by atoms with Crippen LogP contribution in [0, 0.1) is 0 Å². The first kappa shape index (κ1) is 21.2. The molecule has 0 unspecified atom stereocenters. The van der Waals surface area contributed by atoms with Crippen LogP contribution in [0.15, 0.2) is 18.2 Å². The Kier molecular flexibility index (Phi) is 8.09. The van der Waals surface area contributed by atoms with Gasteiger partial charge in [-0.15, -0.1) is 0 Å². The SMILES string of the molecule is COc1ccc(OCC(=O)N[C@@H](CCSC)C(=O)O)c(C(C)(C)C)c1. The van der Waals surface area contributed by atoms with Gasteiger partial charge in [0, 0.05) is 5.56 Å². The Morgan fingerprint density at radius 1 is 1.32 bits per heavy atom. The highest BCUT2D eigenvalue weighted by molar-refractivity contribution is 7.98. The number of carbonyl (C=O) groups is 2. The van der Waals surface area contributed by atoms with E-state index in [1.54, 1.807) is 19.2 Å². The second kappa shape index (κ2) is 9.56. The highest BCUT2D eigenvalue weighted by atomic mass is 32.2. The normalized spacial score (nSPS) is 12.4. The molecule has 0 radical (unpaired) electrons. The van der Waals surface area contributed by atoms with Crippen molar-refractivity contribution in [2.45, 2.75) is 38.6 Å². The zero-order valence-corrected chi connectivity index (χ0v) is 16.2. The van der Waals surface area contributed by atoms with Crippen LogP contribution in [0.25, 0.3) is 0 Å². The molecule has 0 saturated heterocycles. The molecule has 2 N–H and O–H groups in total. The number of ether oxygens (including phenoxy) is 2. The molecular weight excluding hydrogens is 342 g/mol. The van der Waals surface area contributed by atoms with Crippen LogP contribution in [0.4, 0.5) is 0 Å². The number of aliphatic carboxylic acids is 1. The summed E-state index contributed by atoms with van der Waals surface area (Å²) >= 11 is 1.54. The Bertz CT molecular complexity index is 598. The maximum atomic E-state index is 12.0. The largest absolute Gasteiger partial charge is 0.497 e. The Hall–Kier alpha value is -1.89. The quantitative estimate of drug-likeness (QED) is 0.696. The van der Waals surface area contributed by atoms with E-state index in [9.17, 15) is 9.59 Å². The number of amides is 1. The lowest BCUT2D eigenvalue weighted by atomic mass is 9.86. The zero-order valence-electron chi connectivity index (χ0n) is 15.4. The summed E-state index contributed by atoms with van der Waals surface area (Å²) in [6, 6.07) is 4.50. The molecule has 1 aromatic rings. The molecule has 0 aliphatic heterocycles. The number of hydrogen-bond acceptors (Lipinski definition) is 5. The first-order valence-electron chi connectivity index (χ1n) is 8.01. The standard InChI is InChI=1S/C18H27NO5S/c1-18(2,3)13-10-12(23-4)6-7-15(13)24-11-16(20)19-14(17(21)22)8-9-25-5/h6-7,10,14H,8-9,11H2,1-5H3,(H,19,20)(H,21,22)/t14-/m0/s1. The van der Waals surface area contributed by atoms with Crippen molar-refractivity contribution >= 4 is 23.6 Å². The molecule has 0 saturated carbocycles. The van der Waals surface area contributed by atoms with Gasteiger partial charge < -0.3 is 19.9 Å². The fourth-order valence-corrected chi connectivity index (χ4v) is 2.69. The molecular formula is C18H27NO5S. The first-order valence-corrected chi connectivity index (χ1v) is 9.40. The fourth-order valence-electron chi connectivity index (χ4n) is 2.22. The van der Waals surface area contributed by atoms with Gasteiger partial charge in [-0.1, -0.05) is 20.8 Å². The highest BCUT2D eigenvalue weighted by Crippen LogP contribution is 2.34. The first-order chi connectivity index (χ1) is 11.7. The van der Waals surface area contributed by atoms with E-state index in [0.717, 1.165) is 5.56 Å². The molecule has 0 spiro atoms. The van der Waals surface area contributed by atoms with Crippen molar-refractivity contribution < 1.29 is 24.2 Å². The number of methoxy groups -OCH3 is 1. The van der Waals surface area contributed by atoms with Gasteiger partial charge in [0.25, 0.3) is 5.91 Å². The summed E-state index contributed by atoms with van der Waals surface area (Å²) in [6.45, 7) is 5.88. The Morgan fingerprint density at radius 2 is 2.00 bits per heavy atom. The molecule has 25 heavy (non-hydrogen) atoms. The van der Waals surface area contributed by atoms with E-state index in [-0.39, 0.29) is 12.0 Å². The molecule has 1 amide bonds. The van der Waals surface area contributed by atoms with Crippen LogP contribution >= 0.6 is 11.8 Å². The van der Waals surface area contributed by atoms with Crippen molar-refractivity contribution in [3.8, 4) is 11.5 Å². The van der Waals surface area contributed by atoms with E-state index in [1.807, 2.05) is 33.1 Å². The van der Waals surface area contributed by atoms with Gasteiger partial charge in [0.1, 0.15) is 17.5 Å². The predicted octanol–water partition coefficient (Wildman–Crippen LogP) is 2.69. The van der Waals surface area contributed by atoms with E-state index in [1.165, 1.54) is 11.8 Å². The third kappa shape index (κ3) is 6.86. The van der Waals surface area contributed by atoms with Crippen molar-refractivity contribution in [3.05, 3.63) is 23.8 Å². The third-order valence-electron chi connectivity index (χ3n) is 3.60. The fraction of sp³-hybridized carbons (Fsp3) is 0.556. The minimum absolute atomic E-state index is 0.192. The molecule has 7 heteroatoms. The summed E-state index contributed by atoms with van der Waals surface area (Å²) in [4.78, 5) is 23.2. The minimum atomic E-state index is -1.04. The average Bonchev–Trinajstić information content (AvgIpc) is 2.55. The number of carboxylic acids is 1. The van der Waals surface area contributed by atoms with Gasteiger partial charge in [-0.05, 0) is 42.0 Å². The van der Waals surface area contributed by atoms with Crippen LogP contribution in [-0.2, 0) is 15.0 Å². The average molecular weight is 369 g/mol. The number of carboxylic acid groups (broad SMARTS) is 1. The summed E-state index contributed by atoms with van der Waals surface area (Å²) in [5, 5.41) is 11.7. The van der Waals surface area contributed by atoms with Gasteiger partial charge in [0.15, 0.2) is 6.61 Å². The summed E-state index contributed by atoms with van der Waals surface area (Å²) < 4.78 is 10.9. The Morgan fingerprint density at radius 3 is 2.52 bits per heavy atom. The minimum Gasteiger partial charge on any atom is -0.497 e. The maximum Gasteiger partial charge on any atom is 0.326 e. The summed E-state index contributed by atoms with van der Waals surface area (Å²) in [7, 11) is 1.59. The lowest BCUT2D eigenvalue weighted by Crippen LogP contribution is -2.43. The van der Waals surface area contributed by atoms with E-state index in [4.69, 9.17) is 14.6 Å². The second-order valence-electron chi connectivity index (χ2n) is 6.64. The lowest BCUT2D eigenvalue weighted by molar-refractivity contribution is -0.142. The number of benzene rings is 1. The van der Waals surface area contributed by atoms with E-state index >= 15 is 0 Å². The van der Waals surface area contributed by atoms with Gasteiger partial charge in [-0.3, -0.25) is 4.79 Å². The monoisotopic (exact) mass is 369 g/mol. The van der Waals surface area contributed by atoms with Crippen molar-refractivity contribution in [3.63, 3.8) is 0 Å². The van der Waals surface area contributed by atoms with Gasteiger partial charge in [0.05, 0.1) is 7.11 Å². The molecule has 0 aliphatic rings. The molecule has 1 atom stereocenters. The molecule has 0 aromatic heterocycles. The third-order valence-corrected chi connectivity index (χ3v) is 4.24. The molecule has 0 aliphatic carbocycles. The van der Waals surface area contributed by atoms with Crippen molar-refractivity contribution in [1.82, 2.24) is 5.32 Å². The van der Waals surface area contributed by atoms with Gasteiger partial charge in [-0.25, -0.2) is 4.79 Å². The van der Waals surface area contributed by atoms with Gasteiger partial charge in [0.2, 0.25) is 0 Å². The lowest BCUT2D eigenvalue weighted by Gasteiger charge is -2.23. The van der Waals surface area contributed by atoms with Crippen LogP contribution in [-0.4, -0.2) is 48.8 Å². The summed E-state index contributed by atoms with van der Waals surface area (Å²) in [5.41, 5.74) is 0.722. The van der Waals surface area contributed by atoms with Crippen LogP contribution < -0.4 is 14.8 Å². The molecule has 6 nitrogen and oxygen atoms in total. The summed E-state index contributed by atoms with van der Waals surface area (Å²) in [6.07, 6.45) is 2.26. The number of hydrogen-bond donors (Lipinski definition) is 2. The van der Waals surface area contributed by atoms with Crippen LogP contribution in [0.5, 0.6) is 11.5 Å².